The van der Waals surface area contributed by atoms with Crippen molar-refractivity contribution in [3.8, 4) is 33.4 Å². The summed E-state index contributed by atoms with van der Waals surface area (Å²) >= 11 is 0. The fourth-order valence-corrected chi connectivity index (χ4v) is 6.75. The van der Waals surface area contributed by atoms with E-state index in [1.165, 1.54) is 44.8 Å². The molecule has 0 unspecified atom stereocenters. The van der Waals surface area contributed by atoms with Crippen molar-refractivity contribution in [2.24, 2.45) is 0 Å². The molecule has 0 bridgehead atoms. The van der Waals surface area contributed by atoms with Gasteiger partial charge in [-0.15, -0.1) is 0 Å². The Balaban J connectivity index is 1.07. The molecule has 2 heteroatoms. The Morgan fingerprint density at radius 1 is 0.300 bits per heavy atom. The molecule has 7 aromatic rings. The second kappa shape index (κ2) is 14.4. The van der Waals surface area contributed by atoms with E-state index in [-0.39, 0.29) is 0 Å². The third kappa shape index (κ3) is 6.65. The van der Waals surface area contributed by atoms with E-state index in [2.05, 4.69) is 216 Å². The average molecular weight is 643 g/mol. The normalized spacial score (nSPS) is 12.3. The highest BCUT2D eigenvalue weighted by Crippen LogP contribution is 2.38. The van der Waals surface area contributed by atoms with Crippen molar-refractivity contribution in [3.63, 3.8) is 0 Å². The van der Waals surface area contributed by atoms with Crippen LogP contribution in [0.15, 0.2) is 212 Å². The van der Waals surface area contributed by atoms with Crippen LogP contribution in [0.4, 0.5) is 28.4 Å². The molecule has 1 aliphatic rings. The Hall–Kier alpha value is -6.38. The van der Waals surface area contributed by atoms with Gasteiger partial charge in [-0.1, -0.05) is 140 Å². The van der Waals surface area contributed by atoms with Crippen LogP contribution in [0.5, 0.6) is 0 Å². The van der Waals surface area contributed by atoms with Gasteiger partial charge >= 0.3 is 0 Å². The van der Waals surface area contributed by atoms with Crippen LogP contribution in [0.3, 0.4) is 0 Å². The Labute approximate surface area is 295 Å². The number of anilines is 5. The van der Waals surface area contributed by atoms with Crippen LogP contribution in [0, 0.1) is 0 Å². The third-order valence-electron chi connectivity index (χ3n) is 9.34. The minimum absolute atomic E-state index is 1.01. The van der Waals surface area contributed by atoms with E-state index in [0.29, 0.717) is 0 Å². The minimum atomic E-state index is 1.01. The monoisotopic (exact) mass is 642 g/mol. The van der Waals surface area contributed by atoms with Gasteiger partial charge in [0.05, 0.1) is 0 Å². The summed E-state index contributed by atoms with van der Waals surface area (Å²) in [6.45, 7) is 0. The summed E-state index contributed by atoms with van der Waals surface area (Å²) in [6.07, 6.45) is 8.72. The summed E-state index contributed by atoms with van der Waals surface area (Å²) < 4.78 is 0. The molecular formula is C48H38N2. The van der Waals surface area contributed by atoms with Gasteiger partial charge in [-0.25, -0.2) is 0 Å². The predicted octanol–water partition coefficient (Wildman–Crippen LogP) is 13.5. The zero-order chi connectivity index (χ0) is 33.5. The van der Waals surface area contributed by atoms with E-state index in [4.69, 9.17) is 0 Å². The van der Waals surface area contributed by atoms with Gasteiger partial charge in [-0.2, -0.15) is 0 Å². The minimum Gasteiger partial charge on any atom is -0.314 e. The highest BCUT2D eigenvalue weighted by atomic mass is 15.2. The standard InChI is InChI=1S/C48H38N2/c1-5-13-37(14-6-1)39-21-29-45(30-22-39)49(43-17-9-3-10-18-43)47-33-25-41(26-34-47)42-27-35-48(36-28-42)50(44-19-11-4-12-20-44)46-31-23-40(24-32-46)38-15-7-2-8-16-38/h1-11,13-19,21-36H,12,20H2. The molecule has 0 fully saturated rings. The van der Waals surface area contributed by atoms with Crippen LogP contribution < -0.4 is 9.80 Å². The molecule has 0 atom stereocenters. The van der Waals surface area contributed by atoms with Crippen LogP contribution in [-0.4, -0.2) is 0 Å². The molecule has 2 nitrogen and oxygen atoms in total. The molecule has 8 rings (SSSR count). The van der Waals surface area contributed by atoms with Crippen molar-refractivity contribution in [1.29, 1.82) is 0 Å². The molecule has 0 saturated heterocycles. The lowest BCUT2D eigenvalue weighted by Gasteiger charge is -2.29. The molecule has 0 radical (unpaired) electrons. The Morgan fingerprint density at radius 3 is 0.980 bits per heavy atom. The highest BCUT2D eigenvalue weighted by Gasteiger charge is 2.17. The molecule has 0 spiro atoms. The molecule has 1 aliphatic carbocycles. The quantitative estimate of drug-likeness (QED) is 0.155. The molecule has 50 heavy (non-hydrogen) atoms. The zero-order valence-corrected chi connectivity index (χ0v) is 27.9. The largest absolute Gasteiger partial charge is 0.314 e. The Morgan fingerprint density at radius 2 is 0.620 bits per heavy atom. The van der Waals surface area contributed by atoms with Gasteiger partial charge in [0, 0.05) is 34.1 Å². The second-order valence-electron chi connectivity index (χ2n) is 12.6. The molecule has 0 aromatic heterocycles. The highest BCUT2D eigenvalue weighted by molar-refractivity contribution is 5.80. The fraction of sp³-hybridized carbons (Fsp3) is 0.0417. The first kappa shape index (κ1) is 30.9. The van der Waals surface area contributed by atoms with Crippen LogP contribution in [0.25, 0.3) is 33.4 Å². The first-order valence-corrected chi connectivity index (χ1v) is 17.3. The van der Waals surface area contributed by atoms with Crippen molar-refractivity contribution in [2.45, 2.75) is 12.8 Å². The summed E-state index contributed by atoms with van der Waals surface area (Å²) in [6, 6.07) is 67.3. The number of hydrogen-bond acceptors (Lipinski definition) is 2. The van der Waals surface area contributed by atoms with E-state index in [1.54, 1.807) is 0 Å². The van der Waals surface area contributed by atoms with Crippen molar-refractivity contribution in [2.75, 3.05) is 9.80 Å². The van der Waals surface area contributed by atoms with Crippen molar-refractivity contribution in [1.82, 2.24) is 0 Å². The van der Waals surface area contributed by atoms with Gasteiger partial charge in [-0.3, -0.25) is 0 Å². The first-order valence-electron chi connectivity index (χ1n) is 17.3. The number of rotatable bonds is 9. The average Bonchev–Trinajstić information content (AvgIpc) is 3.21. The van der Waals surface area contributed by atoms with E-state index in [1.807, 2.05) is 0 Å². The van der Waals surface area contributed by atoms with Gasteiger partial charge < -0.3 is 9.80 Å². The summed E-state index contributed by atoms with van der Waals surface area (Å²) in [7, 11) is 0. The van der Waals surface area contributed by atoms with Crippen LogP contribution >= 0.6 is 0 Å². The van der Waals surface area contributed by atoms with E-state index in [0.717, 1.165) is 35.6 Å². The summed E-state index contributed by atoms with van der Waals surface area (Å²) in [5.41, 5.74) is 14.3. The smallest absolute Gasteiger partial charge is 0.0462 e. The lowest BCUT2D eigenvalue weighted by atomic mass is 10.0. The second-order valence-corrected chi connectivity index (χ2v) is 12.6. The van der Waals surface area contributed by atoms with Crippen molar-refractivity contribution < 1.29 is 0 Å². The van der Waals surface area contributed by atoms with Crippen molar-refractivity contribution in [3.05, 3.63) is 212 Å². The first-order chi connectivity index (χ1) is 24.8. The van der Waals surface area contributed by atoms with Gasteiger partial charge in [0.15, 0.2) is 0 Å². The summed E-state index contributed by atoms with van der Waals surface area (Å²) in [5.74, 6) is 0. The molecular weight excluding hydrogens is 605 g/mol. The van der Waals surface area contributed by atoms with Crippen molar-refractivity contribution >= 4 is 28.4 Å². The van der Waals surface area contributed by atoms with Crippen LogP contribution in [0.2, 0.25) is 0 Å². The molecule has 0 N–H and O–H groups in total. The summed E-state index contributed by atoms with van der Waals surface area (Å²) in [5, 5.41) is 0. The van der Waals surface area contributed by atoms with Crippen LogP contribution in [-0.2, 0) is 0 Å². The maximum atomic E-state index is 2.39. The molecule has 0 aliphatic heterocycles. The maximum absolute atomic E-state index is 2.39. The van der Waals surface area contributed by atoms with Gasteiger partial charge in [0.1, 0.15) is 0 Å². The SMILES string of the molecule is C1=CCCC(N(c2ccc(-c3ccccc3)cc2)c2ccc(-c3ccc(N(c4ccccc4)c4ccc(-c5ccccc5)cc4)cc3)cc2)=C1. The predicted molar refractivity (Wildman–Crippen MR) is 212 cm³/mol. The Bertz CT molecular complexity index is 2200. The van der Waals surface area contributed by atoms with E-state index >= 15 is 0 Å². The third-order valence-corrected chi connectivity index (χ3v) is 9.34. The molecule has 240 valence electrons. The Kier molecular flexibility index (Phi) is 8.90. The van der Waals surface area contributed by atoms with Gasteiger partial charge in [0.25, 0.3) is 0 Å². The molecule has 7 aromatic carbocycles. The number of benzene rings is 7. The zero-order valence-electron chi connectivity index (χ0n) is 27.9. The molecule has 0 saturated carbocycles. The number of nitrogens with zero attached hydrogens (tertiary/aromatic N) is 2. The van der Waals surface area contributed by atoms with Gasteiger partial charge in [-0.05, 0) is 113 Å². The van der Waals surface area contributed by atoms with E-state index in [9.17, 15) is 0 Å². The van der Waals surface area contributed by atoms with Gasteiger partial charge in [0.2, 0.25) is 0 Å². The molecule has 0 amide bonds. The lowest BCUT2D eigenvalue weighted by Crippen LogP contribution is -2.17. The van der Waals surface area contributed by atoms with E-state index < -0.39 is 0 Å². The number of allylic oxidation sites excluding steroid dienone is 4. The molecule has 0 heterocycles. The lowest BCUT2D eigenvalue weighted by molar-refractivity contribution is 0.918. The van der Waals surface area contributed by atoms with Crippen LogP contribution in [0.1, 0.15) is 12.8 Å². The number of hydrogen-bond donors (Lipinski definition) is 0. The number of para-hydroxylation sites is 1. The fourth-order valence-electron chi connectivity index (χ4n) is 6.75. The maximum Gasteiger partial charge on any atom is 0.0462 e. The topological polar surface area (TPSA) is 6.48 Å². The summed E-state index contributed by atoms with van der Waals surface area (Å²) in [4.78, 5) is 4.71.